The van der Waals surface area contributed by atoms with E-state index in [1.165, 1.54) is 0 Å². The van der Waals surface area contributed by atoms with Crippen molar-refractivity contribution >= 4 is 11.9 Å². The number of hydrogen-bond donors (Lipinski definition) is 2. The Balaban J connectivity index is 1.72. The molecule has 3 rings (SSSR count). The van der Waals surface area contributed by atoms with Crippen LogP contribution < -0.4 is 5.73 Å². The zero-order chi connectivity index (χ0) is 15.0. The van der Waals surface area contributed by atoms with Gasteiger partial charge < -0.3 is 15.7 Å². The minimum Gasteiger partial charge on any atom is -0.478 e. The number of nitrogens with zero attached hydrogens (tertiary/aromatic N) is 1. The van der Waals surface area contributed by atoms with Crippen molar-refractivity contribution in [2.24, 2.45) is 5.73 Å². The van der Waals surface area contributed by atoms with Crippen LogP contribution in [0.15, 0.2) is 18.2 Å². The number of rotatable bonds is 3. The fraction of sp³-hybridized carbons (Fsp3) is 0.500. The number of carbonyl (C=O) groups is 2. The van der Waals surface area contributed by atoms with Crippen LogP contribution in [0.4, 0.5) is 0 Å². The molecule has 5 nitrogen and oxygen atoms in total. The van der Waals surface area contributed by atoms with Crippen LogP contribution in [0.1, 0.15) is 47.2 Å². The first-order chi connectivity index (χ1) is 9.97. The maximum Gasteiger partial charge on any atom is 0.335 e. The summed E-state index contributed by atoms with van der Waals surface area (Å²) in [5.74, 6) is -0.847. The number of fused-ring (bicyclic) bond motifs is 1. The predicted molar refractivity (Wildman–Crippen MR) is 77.9 cm³/mol. The molecular weight excluding hydrogens is 268 g/mol. The zero-order valence-corrected chi connectivity index (χ0v) is 12.0. The van der Waals surface area contributed by atoms with E-state index in [0.717, 1.165) is 36.8 Å². The molecule has 1 amide bonds. The Labute approximate surface area is 123 Å². The lowest BCUT2D eigenvalue weighted by atomic mass is 9.75. The molecule has 3 N–H and O–H groups in total. The van der Waals surface area contributed by atoms with Crippen LogP contribution in [-0.2, 0) is 17.8 Å². The van der Waals surface area contributed by atoms with Crippen LogP contribution >= 0.6 is 0 Å². The topological polar surface area (TPSA) is 83.6 Å². The molecule has 1 aromatic carbocycles. The maximum atomic E-state index is 12.4. The largest absolute Gasteiger partial charge is 0.478 e. The van der Waals surface area contributed by atoms with Crippen molar-refractivity contribution in [3.05, 3.63) is 34.9 Å². The average Bonchev–Trinajstić information content (AvgIpc) is 2.44. The molecule has 1 aromatic rings. The van der Waals surface area contributed by atoms with Gasteiger partial charge in [-0.2, -0.15) is 0 Å². The third-order valence-electron chi connectivity index (χ3n) is 4.67. The van der Waals surface area contributed by atoms with Crippen LogP contribution in [0.5, 0.6) is 0 Å². The first-order valence-corrected chi connectivity index (χ1v) is 7.39. The highest BCUT2D eigenvalue weighted by molar-refractivity contribution is 5.88. The summed E-state index contributed by atoms with van der Waals surface area (Å²) in [5.41, 5.74) is 8.19. The summed E-state index contributed by atoms with van der Waals surface area (Å²) >= 11 is 0. The summed E-state index contributed by atoms with van der Waals surface area (Å²) in [5, 5.41) is 9.06. The molecule has 0 radical (unpaired) electrons. The molecule has 1 saturated carbocycles. The molecular formula is C16H20N2O3. The molecule has 0 bridgehead atoms. The van der Waals surface area contributed by atoms with Gasteiger partial charge in [0.25, 0.3) is 0 Å². The highest BCUT2D eigenvalue weighted by atomic mass is 16.4. The normalized spacial score (nSPS) is 19.6. The molecule has 21 heavy (non-hydrogen) atoms. The van der Waals surface area contributed by atoms with E-state index in [0.29, 0.717) is 19.5 Å². The minimum atomic E-state index is -0.934. The molecule has 1 aliphatic carbocycles. The second kappa shape index (κ2) is 5.15. The van der Waals surface area contributed by atoms with Gasteiger partial charge in [0.15, 0.2) is 0 Å². The van der Waals surface area contributed by atoms with Crippen LogP contribution in [0.2, 0.25) is 0 Å². The molecule has 1 fully saturated rings. The van der Waals surface area contributed by atoms with Gasteiger partial charge in [-0.05, 0) is 48.9 Å². The van der Waals surface area contributed by atoms with Crippen molar-refractivity contribution in [2.45, 2.75) is 44.2 Å². The number of benzene rings is 1. The van der Waals surface area contributed by atoms with E-state index in [4.69, 9.17) is 10.8 Å². The Morgan fingerprint density at radius 1 is 1.29 bits per heavy atom. The number of carboxylic acid groups (broad SMARTS) is 1. The summed E-state index contributed by atoms with van der Waals surface area (Å²) < 4.78 is 0. The third kappa shape index (κ3) is 2.78. The number of carboxylic acids is 1. The quantitative estimate of drug-likeness (QED) is 0.883. The lowest BCUT2D eigenvalue weighted by Gasteiger charge is -2.39. The van der Waals surface area contributed by atoms with E-state index in [1.54, 1.807) is 17.0 Å². The minimum absolute atomic E-state index is 0.0866. The monoisotopic (exact) mass is 288 g/mol. The molecule has 0 unspecified atom stereocenters. The second-order valence-corrected chi connectivity index (χ2v) is 6.25. The summed E-state index contributed by atoms with van der Waals surface area (Å²) in [4.78, 5) is 25.2. The number of aromatic carboxylic acids is 1. The zero-order valence-electron chi connectivity index (χ0n) is 12.0. The highest BCUT2D eigenvalue weighted by Gasteiger charge is 2.36. The number of nitrogens with two attached hydrogens (primary N) is 1. The van der Waals surface area contributed by atoms with Crippen molar-refractivity contribution in [1.29, 1.82) is 0 Å². The lowest BCUT2D eigenvalue weighted by molar-refractivity contribution is -0.134. The van der Waals surface area contributed by atoms with Gasteiger partial charge >= 0.3 is 5.97 Å². The Bertz CT molecular complexity index is 593. The van der Waals surface area contributed by atoms with Gasteiger partial charge in [0, 0.05) is 25.0 Å². The van der Waals surface area contributed by atoms with Crippen molar-refractivity contribution in [2.75, 3.05) is 6.54 Å². The van der Waals surface area contributed by atoms with Crippen molar-refractivity contribution in [3.8, 4) is 0 Å². The summed E-state index contributed by atoms with van der Waals surface area (Å²) in [6, 6.07) is 5.16. The fourth-order valence-electron chi connectivity index (χ4n) is 3.12. The van der Waals surface area contributed by atoms with Crippen LogP contribution in [0, 0.1) is 0 Å². The molecule has 0 atom stereocenters. The van der Waals surface area contributed by atoms with Crippen LogP contribution in [0.3, 0.4) is 0 Å². The lowest BCUT2D eigenvalue weighted by Crippen LogP contribution is -2.51. The SMILES string of the molecule is NC1(CC(=O)N2CCc3ccc(C(=O)O)cc3C2)CCC1. The van der Waals surface area contributed by atoms with Crippen molar-refractivity contribution in [3.63, 3.8) is 0 Å². The van der Waals surface area contributed by atoms with Crippen molar-refractivity contribution in [1.82, 2.24) is 4.90 Å². The molecule has 0 spiro atoms. The van der Waals surface area contributed by atoms with E-state index in [9.17, 15) is 9.59 Å². The second-order valence-electron chi connectivity index (χ2n) is 6.25. The molecule has 0 aromatic heterocycles. The molecule has 2 aliphatic rings. The predicted octanol–water partition coefficient (Wildman–Crippen LogP) is 1.54. The fourth-order valence-corrected chi connectivity index (χ4v) is 3.12. The Kier molecular flexibility index (Phi) is 3.45. The molecule has 0 saturated heterocycles. The van der Waals surface area contributed by atoms with Gasteiger partial charge in [-0.1, -0.05) is 6.07 Å². The molecule has 1 aliphatic heterocycles. The van der Waals surface area contributed by atoms with Gasteiger partial charge in [-0.15, -0.1) is 0 Å². The summed E-state index contributed by atoms with van der Waals surface area (Å²) in [6.07, 6.45) is 4.13. The number of carbonyl (C=O) groups excluding carboxylic acids is 1. The molecule has 112 valence electrons. The maximum absolute atomic E-state index is 12.4. The van der Waals surface area contributed by atoms with E-state index >= 15 is 0 Å². The molecule has 1 heterocycles. The first kappa shape index (κ1) is 14.1. The molecule has 5 heteroatoms. The van der Waals surface area contributed by atoms with E-state index in [1.807, 2.05) is 6.07 Å². The van der Waals surface area contributed by atoms with Crippen molar-refractivity contribution < 1.29 is 14.7 Å². The Hall–Kier alpha value is -1.88. The van der Waals surface area contributed by atoms with Gasteiger partial charge in [-0.3, -0.25) is 4.79 Å². The van der Waals surface area contributed by atoms with E-state index in [-0.39, 0.29) is 17.0 Å². The van der Waals surface area contributed by atoms with Gasteiger partial charge in [0.05, 0.1) is 5.56 Å². The van der Waals surface area contributed by atoms with Gasteiger partial charge in [-0.25, -0.2) is 4.79 Å². The van der Waals surface area contributed by atoms with Gasteiger partial charge in [0.2, 0.25) is 5.91 Å². The number of amides is 1. The average molecular weight is 288 g/mol. The Morgan fingerprint density at radius 3 is 2.67 bits per heavy atom. The van der Waals surface area contributed by atoms with Crippen LogP contribution in [0.25, 0.3) is 0 Å². The first-order valence-electron chi connectivity index (χ1n) is 7.39. The Morgan fingerprint density at radius 2 is 2.05 bits per heavy atom. The van der Waals surface area contributed by atoms with Crippen LogP contribution in [-0.4, -0.2) is 34.0 Å². The highest BCUT2D eigenvalue weighted by Crippen LogP contribution is 2.33. The third-order valence-corrected chi connectivity index (χ3v) is 4.67. The van der Waals surface area contributed by atoms with Gasteiger partial charge in [0.1, 0.15) is 0 Å². The summed E-state index contributed by atoms with van der Waals surface area (Å²) in [7, 11) is 0. The van der Waals surface area contributed by atoms with E-state index < -0.39 is 5.97 Å². The standard InChI is InChI=1S/C16H20N2O3/c17-16(5-1-6-16)9-14(19)18-7-4-11-2-3-12(15(20)21)8-13(11)10-18/h2-3,8H,1,4-7,9-10,17H2,(H,20,21). The smallest absolute Gasteiger partial charge is 0.335 e. The summed E-state index contributed by atoms with van der Waals surface area (Å²) in [6.45, 7) is 1.18. The van der Waals surface area contributed by atoms with E-state index in [2.05, 4.69) is 0 Å². The number of hydrogen-bond acceptors (Lipinski definition) is 3.